The van der Waals surface area contributed by atoms with Crippen LogP contribution in [0, 0.1) is 46.3 Å². The largest absolute Gasteiger partial charge is 0.463 e. The number of hydrogen-bond acceptors (Lipinski definition) is 23. The Kier molecular flexibility index (Phi) is 20.9. The van der Waals surface area contributed by atoms with Gasteiger partial charge in [-0.3, -0.25) is 28.8 Å². The lowest BCUT2D eigenvalue weighted by molar-refractivity contribution is -0.165. The second-order valence-corrected chi connectivity index (χ2v) is 35.3. The van der Waals surface area contributed by atoms with Crippen molar-refractivity contribution in [1.82, 2.24) is 0 Å². The Bertz CT molecular complexity index is 2880. The fourth-order valence-electron chi connectivity index (χ4n) is 17.7. The fraction of sp³-hybridized carbons (Fsp3) is 0.921. The van der Waals surface area contributed by atoms with Gasteiger partial charge in [0.05, 0.1) is 141 Å². The Balaban J connectivity index is 0.000000119. The van der Waals surface area contributed by atoms with Crippen LogP contribution in [0.1, 0.15) is 230 Å². The molecule has 16 fully saturated rings. The molecule has 0 spiro atoms. The predicted octanol–water partition coefficient (Wildman–Crippen LogP) is 9.43. The SMILES string of the molecule is CC(COCC1CCC2(C)OC2C1)OC(=O)C1CCC2(C)OC2C1.CC1(C(=O)OCCOC(=O)C2(C)CCC3(C)OC3C2)CCC2(C)OC2C1.CC12CCC(C(=O)OCCOC(=O)C3CCC4(C)OC4C3)CC1O2.CC12CCC(COCC(O)COC(=O)C3CCC4(C)OC4C3)CC1O2. The van der Waals surface area contributed by atoms with E-state index in [2.05, 4.69) is 55.4 Å². The summed E-state index contributed by atoms with van der Waals surface area (Å²) in [5, 5.41) is 9.98. The van der Waals surface area contributed by atoms with Gasteiger partial charge in [0.15, 0.2) is 0 Å². The zero-order chi connectivity index (χ0) is 70.3. The number of aliphatic hydroxyl groups excluding tert-OH is 1. The number of epoxide rings is 8. The van der Waals surface area contributed by atoms with Gasteiger partial charge in [-0.1, -0.05) is 0 Å². The monoisotopic (exact) mass is 1400 g/mol. The van der Waals surface area contributed by atoms with Crippen molar-refractivity contribution < 1.29 is 110 Å². The average Bonchev–Trinajstić information content (AvgIpc) is 1.80. The first-order valence-electron chi connectivity index (χ1n) is 38.1. The van der Waals surface area contributed by atoms with Gasteiger partial charge in [0.25, 0.3) is 0 Å². The highest BCUT2D eigenvalue weighted by atomic mass is 16.6. The Morgan fingerprint density at radius 2 is 0.657 bits per heavy atom. The molecule has 99 heavy (non-hydrogen) atoms. The van der Waals surface area contributed by atoms with Crippen LogP contribution in [-0.4, -0.2) is 206 Å². The van der Waals surface area contributed by atoms with Gasteiger partial charge in [-0.2, -0.15) is 0 Å². The molecule has 0 aromatic heterocycles. The summed E-state index contributed by atoms with van der Waals surface area (Å²) >= 11 is 0. The van der Waals surface area contributed by atoms with E-state index in [9.17, 15) is 33.9 Å². The third-order valence-corrected chi connectivity index (χ3v) is 26.6. The normalized spacial score (nSPS) is 46.9. The van der Waals surface area contributed by atoms with E-state index in [0.29, 0.717) is 50.1 Å². The lowest BCUT2D eigenvalue weighted by Crippen LogP contribution is -2.39. The number of aliphatic hydroxyl groups is 1. The van der Waals surface area contributed by atoms with Crippen molar-refractivity contribution in [1.29, 1.82) is 0 Å². The number of rotatable bonds is 23. The molecule has 26 unspecified atom stereocenters. The fourth-order valence-corrected chi connectivity index (χ4v) is 17.7. The Hall–Kier alpha value is -3.62. The number of hydrogen-bond donors (Lipinski definition) is 1. The van der Waals surface area contributed by atoms with Crippen LogP contribution >= 0.6 is 0 Å². The van der Waals surface area contributed by atoms with Crippen molar-refractivity contribution in [2.45, 2.75) is 336 Å². The summed E-state index contributed by atoms with van der Waals surface area (Å²) in [6, 6.07) is 0. The molecular formula is C76H116O23. The summed E-state index contributed by atoms with van der Waals surface area (Å²) < 4.78 is 88.9. The molecule has 0 bridgehead atoms. The van der Waals surface area contributed by atoms with E-state index in [1.54, 1.807) is 0 Å². The molecule has 0 amide bonds. The number of carbonyl (C=O) groups is 6. The first-order valence-corrected chi connectivity index (χ1v) is 38.1. The molecule has 26 atom stereocenters. The molecule has 0 aromatic rings. The maximum Gasteiger partial charge on any atom is 0.312 e. The molecule has 16 aliphatic rings. The quantitative estimate of drug-likeness (QED) is 0.0431. The van der Waals surface area contributed by atoms with E-state index in [1.165, 1.54) is 6.42 Å². The van der Waals surface area contributed by atoms with Crippen molar-refractivity contribution in [2.24, 2.45) is 46.3 Å². The third kappa shape index (κ3) is 17.4. The summed E-state index contributed by atoms with van der Waals surface area (Å²) in [7, 11) is 0. The van der Waals surface area contributed by atoms with Crippen LogP contribution in [0.15, 0.2) is 0 Å². The summed E-state index contributed by atoms with van der Waals surface area (Å²) in [4.78, 5) is 73.4. The van der Waals surface area contributed by atoms with Gasteiger partial charge in [0.2, 0.25) is 0 Å². The minimum atomic E-state index is -0.763. The van der Waals surface area contributed by atoms with Crippen LogP contribution in [-0.2, 0) is 105 Å². The van der Waals surface area contributed by atoms with Crippen molar-refractivity contribution in [3.63, 3.8) is 0 Å². The highest BCUT2D eigenvalue weighted by molar-refractivity contribution is 5.78. The molecule has 23 heteroatoms. The molecule has 0 radical (unpaired) electrons. The Morgan fingerprint density at radius 1 is 0.354 bits per heavy atom. The Labute approximate surface area is 585 Å². The van der Waals surface area contributed by atoms with E-state index < -0.39 is 16.9 Å². The van der Waals surface area contributed by atoms with Crippen LogP contribution in [0.5, 0.6) is 0 Å². The summed E-state index contributed by atoms with van der Waals surface area (Å²) in [5.41, 5.74) is -0.660. The molecule has 8 saturated carbocycles. The molecule has 8 aliphatic carbocycles. The second kappa shape index (κ2) is 28.0. The highest BCUT2D eigenvalue weighted by Crippen LogP contribution is 2.57. The molecular weight excluding hydrogens is 1280 g/mol. The van der Waals surface area contributed by atoms with Crippen molar-refractivity contribution in [3.05, 3.63) is 0 Å². The minimum absolute atomic E-state index is 0.00365. The predicted molar refractivity (Wildman–Crippen MR) is 352 cm³/mol. The van der Waals surface area contributed by atoms with Gasteiger partial charge in [0, 0.05) is 13.2 Å². The van der Waals surface area contributed by atoms with E-state index in [0.717, 1.165) is 141 Å². The summed E-state index contributed by atoms with van der Waals surface area (Å²) in [5.74, 6) is -0.269. The standard InChI is InChI=1S/C20H30O6.C19H30O6.C19H30O5.C18H26O6/c1-17(5-7-19(3)13(11-17)25-19)15(21)23-9-10-24-16(22)18(2)6-8-20(4)14(12-18)26-20;1-18-5-3-12(7-15(18)24-18)9-22-10-14(20)11-23-17(21)13-4-6-19(2)16(8-13)25-19;1-12(10-21-11-13-4-6-18(2)15(8-13)23-18)22-17(20)14-5-7-19(3)16(9-14)24-19;1-17-5-3-11(9-13(17)23-17)15(19)21-7-8-22-16(20)12-4-6-18(2)14(10-12)24-18/h13-14H,5-12H2,1-4H3;12-16,20H,3-11H2,1-2H3;12-16H,4-11H2,1-3H3;11-14H,3-10H2,1-2H3. The van der Waals surface area contributed by atoms with Crippen molar-refractivity contribution in [3.8, 4) is 0 Å². The van der Waals surface area contributed by atoms with Crippen LogP contribution in [0.3, 0.4) is 0 Å². The molecule has 1 N–H and O–H groups in total. The van der Waals surface area contributed by atoms with Gasteiger partial charge in [-0.15, -0.1) is 0 Å². The molecule has 8 saturated heterocycles. The van der Waals surface area contributed by atoms with Gasteiger partial charge >= 0.3 is 35.8 Å². The topological polar surface area (TPSA) is 297 Å². The number of fused-ring (bicyclic) bond motifs is 8. The summed E-state index contributed by atoms with van der Waals surface area (Å²) in [6.07, 6.45) is 22.6. The molecule has 8 aliphatic heterocycles. The van der Waals surface area contributed by atoms with Gasteiger partial charge < -0.3 is 80.9 Å². The molecule has 558 valence electrons. The van der Waals surface area contributed by atoms with E-state index in [1.807, 2.05) is 20.8 Å². The highest BCUT2D eigenvalue weighted by Gasteiger charge is 2.64. The third-order valence-electron chi connectivity index (χ3n) is 26.6. The number of carbonyl (C=O) groups excluding carboxylic acids is 6. The van der Waals surface area contributed by atoms with Crippen LogP contribution in [0.4, 0.5) is 0 Å². The zero-order valence-corrected chi connectivity index (χ0v) is 61.0. The first-order chi connectivity index (χ1) is 46.7. The zero-order valence-electron chi connectivity index (χ0n) is 61.0. The van der Waals surface area contributed by atoms with E-state index in [-0.39, 0.29) is 187 Å². The van der Waals surface area contributed by atoms with Gasteiger partial charge in [-0.05, 0) is 242 Å². The van der Waals surface area contributed by atoms with Crippen LogP contribution in [0.2, 0.25) is 0 Å². The van der Waals surface area contributed by atoms with E-state index in [4.69, 9.17) is 75.8 Å². The molecule has 8 heterocycles. The van der Waals surface area contributed by atoms with Crippen molar-refractivity contribution in [2.75, 3.05) is 59.5 Å². The molecule has 0 aromatic carbocycles. The minimum Gasteiger partial charge on any atom is -0.463 e. The van der Waals surface area contributed by atoms with Crippen molar-refractivity contribution >= 4 is 35.8 Å². The van der Waals surface area contributed by atoms with E-state index >= 15 is 0 Å². The second-order valence-electron chi connectivity index (χ2n) is 35.3. The number of esters is 6. The maximum absolute atomic E-state index is 12.4. The smallest absolute Gasteiger partial charge is 0.312 e. The Morgan fingerprint density at radius 3 is 1.01 bits per heavy atom. The lowest BCUT2D eigenvalue weighted by Gasteiger charge is -2.32. The van der Waals surface area contributed by atoms with Crippen LogP contribution < -0.4 is 0 Å². The van der Waals surface area contributed by atoms with Gasteiger partial charge in [0.1, 0.15) is 45.2 Å². The first kappa shape index (κ1) is 73.7. The van der Waals surface area contributed by atoms with Gasteiger partial charge in [-0.25, -0.2) is 0 Å². The molecule has 16 rings (SSSR count). The maximum atomic E-state index is 12.4. The molecule has 23 nitrogen and oxygen atoms in total. The summed E-state index contributed by atoms with van der Waals surface area (Å²) in [6.45, 7) is 25.4. The number of ether oxygens (including phenoxy) is 16. The lowest BCUT2D eigenvalue weighted by atomic mass is 9.72. The average molecular weight is 1400 g/mol. The van der Waals surface area contributed by atoms with Crippen LogP contribution in [0.25, 0.3) is 0 Å².